The van der Waals surface area contributed by atoms with Crippen LogP contribution in [-0.2, 0) is 13.5 Å². The average molecular weight is 306 g/mol. The van der Waals surface area contributed by atoms with Gasteiger partial charge in [-0.1, -0.05) is 41.9 Å². The first-order chi connectivity index (χ1) is 9.89. The van der Waals surface area contributed by atoms with Crippen LogP contribution >= 0.6 is 11.6 Å². The molecule has 1 aromatic carbocycles. The number of aryl methyl sites for hydroxylation is 2. The molecule has 0 aliphatic carbocycles. The lowest BCUT2D eigenvalue weighted by Crippen LogP contribution is -2.33. The molecule has 0 radical (unpaired) electrons. The summed E-state index contributed by atoms with van der Waals surface area (Å²) in [7, 11) is 1.58. The summed E-state index contributed by atoms with van der Waals surface area (Å²) in [5.74, 6) is 0. The molecule has 0 spiro atoms. The fraction of sp³-hybridized carbons (Fsp3) is 0.375. The molecule has 0 saturated heterocycles. The van der Waals surface area contributed by atoms with E-state index < -0.39 is 0 Å². The number of halogens is 1. The highest BCUT2D eigenvalue weighted by Crippen LogP contribution is 2.23. The Labute approximate surface area is 129 Å². The first-order valence-corrected chi connectivity index (χ1v) is 7.31. The molecule has 4 nitrogen and oxygen atoms in total. The van der Waals surface area contributed by atoms with Crippen molar-refractivity contribution < 1.29 is 0 Å². The quantitative estimate of drug-likeness (QED) is 0.922. The minimum Gasteiger partial charge on any atom is -0.377 e. The molecule has 0 amide bonds. The molecule has 5 heteroatoms. The fourth-order valence-electron chi connectivity index (χ4n) is 2.13. The number of aromatic nitrogens is 2. The van der Waals surface area contributed by atoms with Gasteiger partial charge in [0.1, 0.15) is 5.02 Å². The Morgan fingerprint density at radius 3 is 2.62 bits per heavy atom. The van der Waals surface area contributed by atoms with Gasteiger partial charge in [-0.3, -0.25) is 4.79 Å². The second kappa shape index (κ2) is 6.31. The number of nitrogens with one attached hydrogen (secondary N) is 1. The van der Waals surface area contributed by atoms with E-state index >= 15 is 0 Å². The van der Waals surface area contributed by atoms with Crippen molar-refractivity contribution in [3.8, 4) is 0 Å². The van der Waals surface area contributed by atoms with E-state index in [9.17, 15) is 4.79 Å². The van der Waals surface area contributed by atoms with Crippen molar-refractivity contribution in [3.63, 3.8) is 0 Å². The standard InChI is InChI=1S/C16H20ClN3O/c1-16(2,10-9-12-7-5-4-6-8-12)19-13-11-18-20(3)15(21)14(13)17/h4-8,11,19H,9-10H2,1-3H3. The molecule has 21 heavy (non-hydrogen) atoms. The van der Waals surface area contributed by atoms with Crippen LogP contribution in [0.1, 0.15) is 25.8 Å². The maximum atomic E-state index is 11.8. The topological polar surface area (TPSA) is 46.9 Å². The second-order valence-corrected chi connectivity index (χ2v) is 6.17. The second-order valence-electron chi connectivity index (χ2n) is 5.80. The van der Waals surface area contributed by atoms with Gasteiger partial charge in [0.2, 0.25) is 0 Å². The van der Waals surface area contributed by atoms with Crippen LogP contribution in [0.2, 0.25) is 5.02 Å². The third kappa shape index (κ3) is 4.08. The molecular weight excluding hydrogens is 286 g/mol. The van der Waals surface area contributed by atoms with Crippen LogP contribution < -0.4 is 10.9 Å². The minimum absolute atomic E-state index is 0.181. The Morgan fingerprint density at radius 2 is 1.95 bits per heavy atom. The zero-order valence-electron chi connectivity index (χ0n) is 12.6. The Kier molecular flexibility index (Phi) is 4.68. The largest absolute Gasteiger partial charge is 0.377 e. The lowest BCUT2D eigenvalue weighted by Gasteiger charge is -2.28. The molecule has 0 saturated carbocycles. The van der Waals surface area contributed by atoms with Crippen LogP contribution in [0.3, 0.4) is 0 Å². The summed E-state index contributed by atoms with van der Waals surface area (Å²) < 4.78 is 1.23. The molecule has 1 aromatic heterocycles. The first kappa shape index (κ1) is 15.6. The van der Waals surface area contributed by atoms with Gasteiger partial charge >= 0.3 is 0 Å². The predicted molar refractivity (Wildman–Crippen MR) is 87.0 cm³/mol. The summed E-state index contributed by atoms with van der Waals surface area (Å²) in [6, 6.07) is 10.3. The van der Waals surface area contributed by atoms with Crippen molar-refractivity contribution in [1.82, 2.24) is 9.78 Å². The average Bonchev–Trinajstić information content (AvgIpc) is 2.47. The van der Waals surface area contributed by atoms with Gasteiger partial charge in [-0.25, -0.2) is 4.68 Å². The highest BCUT2D eigenvalue weighted by Gasteiger charge is 2.20. The molecule has 0 bridgehead atoms. The van der Waals surface area contributed by atoms with Gasteiger partial charge in [-0.05, 0) is 32.3 Å². The Hall–Kier alpha value is -1.81. The van der Waals surface area contributed by atoms with Crippen molar-refractivity contribution in [1.29, 1.82) is 0 Å². The molecule has 1 heterocycles. The Bertz CT molecular complexity index is 665. The predicted octanol–water partition coefficient (Wildman–Crippen LogP) is 3.26. The number of nitrogens with zero attached hydrogens (tertiary/aromatic N) is 2. The zero-order valence-corrected chi connectivity index (χ0v) is 13.3. The maximum absolute atomic E-state index is 11.8. The summed E-state index contributed by atoms with van der Waals surface area (Å²) in [5.41, 5.74) is 1.40. The van der Waals surface area contributed by atoms with Gasteiger partial charge in [0.15, 0.2) is 0 Å². The molecule has 0 fully saturated rings. The van der Waals surface area contributed by atoms with Gasteiger partial charge in [0, 0.05) is 12.6 Å². The number of anilines is 1. The van der Waals surface area contributed by atoms with Crippen molar-refractivity contribution in [2.75, 3.05) is 5.32 Å². The summed E-state index contributed by atoms with van der Waals surface area (Å²) in [5, 5.41) is 7.50. The summed E-state index contributed by atoms with van der Waals surface area (Å²) in [6.45, 7) is 4.17. The molecule has 0 unspecified atom stereocenters. The molecule has 0 aliphatic rings. The van der Waals surface area contributed by atoms with Gasteiger partial charge in [-0.2, -0.15) is 5.10 Å². The maximum Gasteiger partial charge on any atom is 0.287 e. The van der Waals surface area contributed by atoms with Crippen LogP contribution in [-0.4, -0.2) is 15.3 Å². The summed E-state index contributed by atoms with van der Waals surface area (Å²) in [4.78, 5) is 11.8. The normalized spacial score (nSPS) is 11.4. The Balaban J connectivity index is 2.07. The monoisotopic (exact) mass is 305 g/mol. The smallest absolute Gasteiger partial charge is 0.287 e. The molecule has 0 aliphatic heterocycles. The van der Waals surface area contributed by atoms with Crippen LogP contribution in [0, 0.1) is 0 Å². The van der Waals surface area contributed by atoms with E-state index in [1.54, 1.807) is 13.2 Å². The number of rotatable bonds is 5. The minimum atomic E-state index is -0.291. The SMILES string of the molecule is Cn1ncc(NC(C)(C)CCc2ccccc2)c(Cl)c1=O. The molecule has 2 aromatic rings. The number of hydrogen-bond acceptors (Lipinski definition) is 3. The van der Waals surface area contributed by atoms with Gasteiger partial charge < -0.3 is 5.32 Å². The van der Waals surface area contributed by atoms with E-state index in [0.717, 1.165) is 12.8 Å². The van der Waals surface area contributed by atoms with E-state index in [2.05, 4.69) is 36.4 Å². The van der Waals surface area contributed by atoms with E-state index in [-0.39, 0.29) is 16.1 Å². The van der Waals surface area contributed by atoms with Crippen molar-refractivity contribution in [2.24, 2.45) is 7.05 Å². The van der Waals surface area contributed by atoms with Crippen molar-refractivity contribution >= 4 is 17.3 Å². The van der Waals surface area contributed by atoms with Gasteiger partial charge in [-0.15, -0.1) is 0 Å². The van der Waals surface area contributed by atoms with Crippen LogP contribution in [0.15, 0.2) is 41.3 Å². The van der Waals surface area contributed by atoms with E-state index in [4.69, 9.17) is 11.6 Å². The van der Waals surface area contributed by atoms with E-state index in [1.807, 2.05) is 18.2 Å². The molecule has 0 atom stereocenters. The third-order valence-electron chi connectivity index (χ3n) is 3.43. The van der Waals surface area contributed by atoms with Crippen molar-refractivity contribution in [2.45, 2.75) is 32.2 Å². The van der Waals surface area contributed by atoms with E-state index in [0.29, 0.717) is 5.69 Å². The molecule has 112 valence electrons. The summed E-state index contributed by atoms with van der Waals surface area (Å²) in [6.07, 6.45) is 3.47. The zero-order chi connectivity index (χ0) is 15.5. The van der Waals surface area contributed by atoms with Gasteiger partial charge in [0.25, 0.3) is 5.56 Å². The van der Waals surface area contributed by atoms with Crippen molar-refractivity contribution in [3.05, 3.63) is 57.5 Å². The van der Waals surface area contributed by atoms with Crippen LogP contribution in [0.4, 0.5) is 5.69 Å². The van der Waals surface area contributed by atoms with E-state index in [1.165, 1.54) is 10.2 Å². The van der Waals surface area contributed by atoms with Gasteiger partial charge in [0.05, 0.1) is 11.9 Å². The first-order valence-electron chi connectivity index (χ1n) is 6.93. The highest BCUT2D eigenvalue weighted by atomic mass is 35.5. The lowest BCUT2D eigenvalue weighted by molar-refractivity contribution is 0.517. The van der Waals surface area contributed by atoms with Crippen LogP contribution in [0.25, 0.3) is 0 Å². The fourth-order valence-corrected chi connectivity index (χ4v) is 2.34. The summed E-state index contributed by atoms with van der Waals surface area (Å²) >= 11 is 6.09. The molecule has 1 N–H and O–H groups in total. The molecular formula is C16H20ClN3O. The van der Waals surface area contributed by atoms with Crippen LogP contribution in [0.5, 0.6) is 0 Å². The lowest BCUT2D eigenvalue weighted by atomic mass is 9.95. The third-order valence-corrected chi connectivity index (χ3v) is 3.80. The number of benzene rings is 1. The number of hydrogen-bond donors (Lipinski definition) is 1. The molecule has 2 rings (SSSR count). The highest BCUT2D eigenvalue weighted by molar-refractivity contribution is 6.32. The Morgan fingerprint density at radius 1 is 1.29 bits per heavy atom.